The molecule has 0 fully saturated rings. The summed E-state index contributed by atoms with van der Waals surface area (Å²) in [6.07, 6.45) is 0. The minimum atomic E-state index is -0.110. The standard InChI is InChI=1S/C57H40N2/c1-57(2)52-23-13-12-20-47(52)48-35-33-43(36-53(48)57)58(40-27-24-38(25-28-40)37-14-4-3-5-15-37)41-29-31-42(32-30-41)59-55-44-17-7-6-16-39(44)26-34-51(55)54-49-21-10-8-18-45(49)46-19-9-11-22-50(46)56(54)59/h3-36H,1-2H3. The molecule has 0 atom stereocenters. The number of anilines is 3. The van der Waals surface area contributed by atoms with E-state index in [0.29, 0.717) is 0 Å². The first-order valence-electron chi connectivity index (χ1n) is 20.6. The SMILES string of the molecule is CC1(C)c2ccccc2-c2ccc(N(c3ccc(-c4ccccc4)cc3)c3ccc(-n4c5c6ccccc6ccc5c5c6ccccc6c6ccccc6c54)cc3)cc21. The van der Waals surface area contributed by atoms with Crippen LogP contribution in [0.1, 0.15) is 25.0 Å². The molecular formula is C57H40N2. The quantitative estimate of drug-likeness (QED) is 0.159. The van der Waals surface area contributed by atoms with Crippen LogP contribution in [0.5, 0.6) is 0 Å². The molecule has 12 rings (SSSR count). The molecule has 10 aromatic carbocycles. The summed E-state index contributed by atoms with van der Waals surface area (Å²) < 4.78 is 2.53. The van der Waals surface area contributed by atoms with E-state index in [1.54, 1.807) is 0 Å². The summed E-state index contributed by atoms with van der Waals surface area (Å²) in [5, 5.41) is 10.1. The van der Waals surface area contributed by atoms with Crippen LogP contribution in [-0.4, -0.2) is 4.57 Å². The van der Waals surface area contributed by atoms with Gasteiger partial charge in [0, 0.05) is 49.7 Å². The molecule has 0 aliphatic heterocycles. The predicted molar refractivity (Wildman–Crippen MR) is 251 cm³/mol. The third kappa shape index (κ3) is 5.00. The van der Waals surface area contributed by atoms with Gasteiger partial charge in [0.25, 0.3) is 0 Å². The van der Waals surface area contributed by atoms with Crippen molar-refractivity contribution in [1.29, 1.82) is 0 Å². The Bertz CT molecular complexity index is 3440. The smallest absolute Gasteiger partial charge is 0.0626 e. The van der Waals surface area contributed by atoms with Gasteiger partial charge in [-0.3, -0.25) is 0 Å². The Morgan fingerprint density at radius 1 is 0.373 bits per heavy atom. The predicted octanol–water partition coefficient (Wildman–Crippen LogP) is 15.7. The van der Waals surface area contributed by atoms with Crippen LogP contribution in [0.25, 0.3) is 82.1 Å². The largest absolute Gasteiger partial charge is 0.310 e. The van der Waals surface area contributed by atoms with Gasteiger partial charge in [-0.2, -0.15) is 0 Å². The van der Waals surface area contributed by atoms with Crippen LogP contribution in [0.4, 0.5) is 17.1 Å². The Kier molecular flexibility index (Phi) is 7.31. The lowest BCUT2D eigenvalue weighted by Crippen LogP contribution is -2.16. The summed E-state index contributed by atoms with van der Waals surface area (Å²) >= 11 is 0. The minimum Gasteiger partial charge on any atom is -0.310 e. The van der Waals surface area contributed by atoms with Gasteiger partial charge in [-0.25, -0.2) is 0 Å². The van der Waals surface area contributed by atoms with E-state index in [0.717, 1.165) is 22.7 Å². The van der Waals surface area contributed by atoms with Crippen molar-refractivity contribution < 1.29 is 0 Å². The molecule has 0 amide bonds. The Hall–Kier alpha value is -7.42. The van der Waals surface area contributed by atoms with Crippen LogP contribution in [0.2, 0.25) is 0 Å². The molecule has 1 aliphatic carbocycles. The van der Waals surface area contributed by atoms with E-state index in [1.807, 2.05) is 0 Å². The van der Waals surface area contributed by atoms with E-state index >= 15 is 0 Å². The molecule has 2 heteroatoms. The summed E-state index contributed by atoms with van der Waals surface area (Å²) in [6.45, 7) is 4.72. The highest BCUT2D eigenvalue weighted by Crippen LogP contribution is 2.51. The van der Waals surface area contributed by atoms with Gasteiger partial charge < -0.3 is 9.47 Å². The van der Waals surface area contributed by atoms with Crippen molar-refractivity contribution in [2.45, 2.75) is 19.3 Å². The first-order valence-corrected chi connectivity index (χ1v) is 20.6. The van der Waals surface area contributed by atoms with Crippen molar-refractivity contribution in [2.24, 2.45) is 0 Å². The Morgan fingerprint density at radius 3 is 1.69 bits per heavy atom. The number of aromatic nitrogens is 1. The maximum absolute atomic E-state index is 2.53. The molecule has 278 valence electrons. The van der Waals surface area contributed by atoms with Gasteiger partial charge in [0.1, 0.15) is 0 Å². The molecule has 1 aromatic heterocycles. The molecule has 1 heterocycles. The second-order valence-corrected chi connectivity index (χ2v) is 16.5. The van der Waals surface area contributed by atoms with Crippen LogP contribution < -0.4 is 4.90 Å². The number of nitrogens with zero attached hydrogens (tertiary/aromatic N) is 2. The zero-order valence-corrected chi connectivity index (χ0v) is 33.0. The van der Waals surface area contributed by atoms with Crippen molar-refractivity contribution in [3.63, 3.8) is 0 Å². The first kappa shape index (κ1) is 33.7. The number of benzene rings is 10. The van der Waals surface area contributed by atoms with Gasteiger partial charge in [-0.15, -0.1) is 0 Å². The molecule has 11 aromatic rings. The van der Waals surface area contributed by atoms with Gasteiger partial charge in [0.05, 0.1) is 11.0 Å². The number of rotatable bonds is 5. The van der Waals surface area contributed by atoms with E-state index in [4.69, 9.17) is 0 Å². The van der Waals surface area contributed by atoms with Crippen molar-refractivity contribution >= 4 is 71.2 Å². The monoisotopic (exact) mass is 752 g/mol. The normalized spacial score (nSPS) is 13.1. The zero-order valence-electron chi connectivity index (χ0n) is 33.0. The highest BCUT2D eigenvalue weighted by molar-refractivity contribution is 6.34. The summed E-state index contributed by atoms with van der Waals surface area (Å²) in [7, 11) is 0. The molecule has 0 spiro atoms. The fraction of sp³-hybridized carbons (Fsp3) is 0.0526. The third-order valence-electron chi connectivity index (χ3n) is 12.9. The van der Waals surface area contributed by atoms with Gasteiger partial charge in [-0.05, 0) is 103 Å². The van der Waals surface area contributed by atoms with Gasteiger partial charge in [-0.1, -0.05) is 172 Å². The van der Waals surface area contributed by atoms with Crippen molar-refractivity contribution in [3.8, 4) is 27.9 Å². The molecule has 0 N–H and O–H groups in total. The summed E-state index contributed by atoms with van der Waals surface area (Å²) in [5.74, 6) is 0. The van der Waals surface area contributed by atoms with E-state index in [-0.39, 0.29) is 5.41 Å². The highest BCUT2D eigenvalue weighted by atomic mass is 15.1. The summed E-state index contributed by atoms with van der Waals surface area (Å²) in [4.78, 5) is 2.42. The lowest BCUT2D eigenvalue weighted by Gasteiger charge is -2.28. The number of hydrogen-bond donors (Lipinski definition) is 0. The molecule has 0 bridgehead atoms. The average molecular weight is 753 g/mol. The molecular weight excluding hydrogens is 713 g/mol. The molecule has 0 radical (unpaired) electrons. The average Bonchev–Trinajstić information content (AvgIpc) is 3.77. The summed E-state index contributed by atoms with van der Waals surface area (Å²) in [5.41, 5.74) is 14.7. The second kappa shape index (κ2) is 12.8. The van der Waals surface area contributed by atoms with Crippen LogP contribution in [0.3, 0.4) is 0 Å². The maximum atomic E-state index is 2.53. The van der Waals surface area contributed by atoms with Gasteiger partial charge >= 0.3 is 0 Å². The van der Waals surface area contributed by atoms with Crippen LogP contribution in [-0.2, 0) is 5.41 Å². The highest BCUT2D eigenvalue weighted by Gasteiger charge is 2.35. The van der Waals surface area contributed by atoms with E-state index in [1.165, 1.54) is 87.5 Å². The third-order valence-corrected chi connectivity index (χ3v) is 12.9. The Labute approximate surface area is 343 Å². The van der Waals surface area contributed by atoms with Crippen LogP contribution in [0, 0.1) is 0 Å². The Morgan fingerprint density at radius 2 is 0.932 bits per heavy atom. The second-order valence-electron chi connectivity index (χ2n) is 16.5. The van der Waals surface area contributed by atoms with E-state index in [2.05, 4.69) is 230 Å². The van der Waals surface area contributed by atoms with E-state index < -0.39 is 0 Å². The first-order chi connectivity index (χ1) is 29.0. The molecule has 1 aliphatic rings. The lowest BCUT2D eigenvalue weighted by atomic mass is 9.82. The number of fused-ring (bicyclic) bond motifs is 13. The minimum absolute atomic E-state index is 0.110. The molecule has 0 saturated carbocycles. The van der Waals surface area contributed by atoms with Gasteiger partial charge in [0.15, 0.2) is 0 Å². The maximum Gasteiger partial charge on any atom is 0.0626 e. The van der Waals surface area contributed by atoms with Crippen molar-refractivity contribution in [1.82, 2.24) is 4.57 Å². The number of hydrogen-bond acceptors (Lipinski definition) is 1. The molecule has 59 heavy (non-hydrogen) atoms. The molecule has 0 saturated heterocycles. The lowest BCUT2D eigenvalue weighted by molar-refractivity contribution is 0.660. The van der Waals surface area contributed by atoms with Crippen LogP contribution >= 0.6 is 0 Å². The van der Waals surface area contributed by atoms with E-state index in [9.17, 15) is 0 Å². The molecule has 2 nitrogen and oxygen atoms in total. The van der Waals surface area contributed by atoms with Crippen molar-refractivity contribution in [3.05, 3.63) is 217 Å². The summed E-state index contributed by atoms with van der Waals surface area (Å²) in [6, 6.07) is 76.1. The van der Waals surface area contributed by atoms with Crippen molar-refractivity contribution in [2.75, 3.05) is 4.90 Å². The molecule has 0 unspecified atom stereocenters. The fourth-order valence-corrected chi connectivity index (χ4v) is 10.2. The van der Waals surface area contributed by atoms with Gasteiger partial charge in [0.2, 0.25) is 0 Å². The topological polar surface area (TPSA) is 8.17 Å². The zero-order chi connectivity index (χ0) is 39.2. The van der Waals surface area contributed by atoms with Crippen LogP contribution in [0.15, 0.2) is 206 Å². The Balaban J connectivity index is 1.08. The fourth-order valence-electron chi connectivity index (χ4n) is 10.2.